The van der Waals surface area contributed by atoms with Gasteiger partial charge in [0.15, 0.2) is 0 Å². The van der Waals surface area contributed by atoms with Crippen LogP contribution in [0.25, 0.3) is 88.3 Å². The van der Waals surface area contributed by atoms with Crippen LogP contribution in [0.5, 0.6) is 0 Å². The minimum atomic E-state index is 1.03. The van der Waals surface area contributed by atoms with Gasteiger partial charge in [-0.2, -0.15) is 0 Å². The van der Waals surface area contributed by atoms with Crippen molar-refractivity contribution in [2.24, 2.45) is 0 Å². The molecule has 0 saturated carbocycles. The van der Waals surface area contributed by atoms with Crippen molar-refractivity contribution in [3.63, 3.8) is 0 Å². The van der Waals surface area contributed by atoms with Gasteiger partial charge in [-0.3, -0.25) is 4.98 Å². The third kappa shape index (κ3) is 3.69. The second-order valence-corrected chi connectivity index (χ2v) is 12.2. The number of aromatic nitrogens is 1. The van der Waals surface area contributed by atoms with Crippen molar-refractivity contribution in [3.05, 3.63) is 126 Å². The summed E-state index contributed by atoms with van der Waals surface area (Å²) in [6.07, 6.45) is 9.29. The van der Waals surface area contributed by atoms with E-state index in [9.17, 15) is 0 Å². The van der Waals surface area contributed by atoms with Crippen LogP contribution in [0.15, 0.2) is 103 Å². The summed E-state index contributed by atoms with van der Waals surface area (Å²) < 4.78 is 0. The van der Waals surface area contributed by atoms with Gasteiger partial charge in [-0.25, -0.2) is 0 Å². The first-order valence-electron chi connectivity index (χ1n) is 15.8. The smallest absolute Gasteiger partial charge is 0.0792 e. The number of fused-ring (bicyclic) bond motifs is 7. The Morgan fingerprint density at radius 3 is 2.14 bits per heavy atom. The van der Waals surface area contributed by atoms with Gasteiger partial charge < -0.3 is 0 Å². The van der Waals surface area contributed by atoms with Gasteiger partial charge in [0.05, 0.1) is 5.52 Å². The fourth-order valence-corrected chi connectivity index (χ4v) is 7.55. The Morgan fingerprint density at radius 1 is 0.591 bits per heavy atom. The third-order valence-electron chi connectivity index (χ3n) is 9.69. The van der Waals surface area contributed by atoms with E-state index in [1.165, 1.54) is 98.9 Å². The average molecular weight is 566 g/mol. The Hall–Kier alpha value is -5.01. The number of pyridine rings is 1. The molecule has 2 aliphatic carbocycles. The van der Waals surface area contributed by atoms with Crippen LogP contribution in [-0.4, -0.2) is 4.98 Å². The molecule has 0 saturated heterocycles. The lowest BCUT2D eigenvalue weighted by Crippen LogP contribution is -1.92. The highest BCUT2D eigenvalue weighted by Crippen LogP contribution is 2.52. The van der Waals surface area contributed by atoms with Crippen molar-refractivity contribution in [1.29, 1.82) is 0 Å². The van der Waals surface area contributed by atoms with Crippen LogP contribution in [0.3, 0.4) is 0 Å². The molecule has 2 aliphatic rings. The van der Waals surface area contributed by atoms with Gasteiger partial charge in [0, 0.05) is 17.1 Å². The highest BCUT2D eigenvalue weighted by molar-refractivity contribution is 6.29. The van der Waals surface area contributed by atoms with Crippen molar-refractivity contribution in [1.82, 2.24) is 4.98 Å². The van der Waals surface area contributed by atoms with E-state index in [4.69, 9.17) is 4.98 Å². The first kappa shape index (κ1) is 26.6. The zero-order valence-corrected chi connectivity index (χ0v) is 26.0. The molecule has 44 heavy (non-hydrogen) atoms. The van der Waals surface area contributed by atoms with Crippen LogP contribution in [0, 0.1) is 6.92 Å². The van der Waals surface area contributed by atoms with Crippen molar-refractivity contribution in [3.8, 4) is 33.4 Å². The number of aryl methyl sites for hydroxylation is 2. The summed E-state index contributed by atoms with van der Waals surface area (Å²) in [6.45, 7) is 10.7. The lowest BCUT2D eigenvalue weighted by molar-refractivity contribution is 1.15. The first-order chi connectivity index (χ1) is 21.5. The molecule has 0 spiro atoms. The number of allylic oxidation sites excluding steroid dienone is 3. The maximum Gasteiger partial charge on any atom is 0.0792 e. The summed E-state index contributed by atoms with van der Waals surface area (Å²) in [5.74, 6) is 0. The summed E-state index contributed by atoms with van der Waals surface area (Å²) in [6, 6.07) is 32.3. The second kappa shape index (κ2) is 10.0. The normalized spacial score (nSPS) is 12.8. The van der Waals surface area contributed by atoms with Gasteiger partial charge in [-0.1, -0.05) is 97.4 Å². The zero-order valence-electron chi connectivity index (χ0n) is 26.0. The van der Waals surface area contributed by atoms with Crippen LogP contribution in [0.1, 0.15) is 49.9 Å². The fraction of sp³-hybridized carbons (Fsp3) is 0.140. The van der Waals surface area contributed by atoms with Crippen molar-refractivity contribution >= 4 is 54.9 Å². The lowest BCUT2D eigenvalue weighted by Gasteiger charge is -2.17. The van der Waals surface area contributed by atoms with Crippen LogP contribution in [0.4, 0.5) is 0 Å². The fourth-order valence-electron chi connectivity index (χ4n) is 7.55. The predicted molar refractivity (Wildman–Crippen MR) is 192 cm³/mol. The number of benzene rings is 6. The largest absolute Gasteiger partial charge is 0.256 e. The van der Waals surface area contributed by atoms with E-state index in [2.05, 4.69) is 112 Å². The minimum Gasteiger partial charge on any atom is -0.256 e. The van der Waals surface area contributed by atoms with Gasteiger partial charge in [-0.15, -0.1) is 0 Å². The Morgan fingerprint density at radius 2 is 1.34 bits per heavy atom. The highest BCUT2D eigenvalue weighted by atomic mass is 14.7. The zero-order chi connectivity index (χ0) is 30.1. The number of hydrogen-bond donors (Lipinski definition) is 0. The van der Waals surface area contributed by atoms with Gasteiger partial charge in [-0.05, 0) is 135 Å². The van der Waals surface area contributed by atoms with Gasteiger partial charge in [0.2, 0.25) is 0 Å². The molecule has 1 aromatic heterocycles. The summed E-state index contributed by atoms with van der Waals surface area (Å²) in [5, 5.41) is 9.27. The lowest BCUT2D eigenvalue weighted by atomic mass is 9.87. The SMILES string of the molecule is C/C=C\C.CCc1ccc2c3c(cc4c5ccc(C)cc5c(-c5ccc6c7c(ccnc57)C(C)=C6)cc24)-c2ccccc2-c13. The number of hydrogen-bond acceptors (Lipinski definition) is 1. The van der Waals surface area contributed by atoms with E-state index in [1.807, 2.05) is 32.2 Å². The van der Waals surface area contributed by atoms with Crippen molar-refractivity contribution < 1.29 is 0 Å². The van der Waals surface area contributed by atoms with Crippen molar-refractivity contribution in [2.75, 3.05) is 0 Å². The quantitative estimate of drug-likeness (QED) is 0.150. The molecule has 0 fully saturated rings. The average Bonchev–Trinajstić information content (AvgIpc) is 3.57. The first-order valence-corrected chi connectivity index (χ1v) is 15.8. The number of rotatable bonds is 2. The summed E-state index contributed by atoms with van der Waals surface area (Å²) >= 11 is 0. The molecular weight excluding hydrogens is 530 g/mol. The maximum absolute atomic E-state index is 4.98. The molecule has 0 unspecified atom stereocenters. The van der Waals surface area contributed by atoms with Crippen LogP contribution in [0.2, 0.25) is 0 Å². The molecule has 1 heterocycles. The van der Waals surface area contributed by atoms with E-state index in [1.54, 1.807) is 0 Å². The van der Waals surface area contributed by atoms with Crippen LogP contribution >= 0.6 is 0 Å². The van der Waals surface area contributed by atoms with E-state index in [-0.39, 0.29) is 0 Å². The number of nitrogens with zero attached hydrogens (tertiary/aromatic N) is 1. The standard InChI is InChI=1S/C39H27N.C4H8/c1-4-23-10-13-29-33-19-34(30-14-11-24-18-22(3)25-15-16-40-39(30)37(24)25)31-17-21(2)9-12-27(31)32(33)20-35-26-7-5-6-8-28(26)36(23)38(29)35;1-3-4-2/h5-20H,4H2,1-3H3;3-4H,1-2H3/b;4-3-. The molecule has 0 atom stereocenters. The molecule has 0 N–H and O–H groups in total. The molecular formula is C43H35N. The maximum atomic E-state index is 4.98. The van der Waals surface area contributed by atoms with E-state index < -0.39 is 0 Å². The minimum absolute atomic E-state index is 1.03. The predicted octanol–water partition coefficient (Wildman–Crippen LogP) is 12.3. The summed E-state index contributed by atoms with van der Waals surface area (Å²) in [7, 11) is 0. The molecule has 0 aliphatic heterocycles. The van der Waals surface area contributed by atoms with E-state index >= 15 is 0 Å². The molecule has 1 heteroatoms. The molecule has 1 nitrogen and oxygen atoms in total. The molecule has 6 aromatic carbocycles. The Kier molecular flexibility index (Phi) is 6.06. The third-order valence-corrected chi connectivity index (χ3v) is 9.69. The molecule has 0 bridgehead atoms. The van der Waals surface area contributed by atoms with E-state index in [0.29, 0.717) is 0 Å². The van der Waals surface area contributed by atoms with Gasteiger partial charge in [0.25, 0.3) is 0 Å². The monoisotopic (exact) mass is 565 g/mol. The van der Waals surface area contributed by atoms with Crippen LogP contribution < -0.4 is 0 Å². The molecule has 0 radical (unpaired) electrons. The van der Waals surface area contributed by atoms with Crippen LogP contribution in [-0.2, 0) is 6.42 Å². The second-order valence-electron chi connectivity index (χ2n) is 12.2. The molecule has 0 amide bonds. The highest BCUT2D eigenvalue weighted by Gasteiger charge is 2.26. The van der Waals surface area contributed by atoms with Crippen molar-refractivity contribution in [2.45, 2.75) is 41.0 Å². The molecule has 9 rings (SSSR count). The summed E-state index contributed by atoms with van der Waals surface area (Å²) in [4.78, 5) is 4.98. The Balaban J connectivity index is 0.000000684. The van der Waals surface area contributed by atoms with Gasteiger partial charge >= 0.3 is 0 Å². The van der Waals surface area contributed by atoms with Gasteiger partial charge in [0.1, 0.15) is 0 Å². The Labute approximate surface area is 259 Å². The molecule has 212 valence electrons. The topological polar surface area (TPSA) is 12.9 Å². The van der Waals surface area contributed by atoms with E-state index in [0.717, 1.165) is 11.9 Å². The molecule has 7 aromatic rings. The Bertz CT molecular complexity index is 2400. The summed E-state index contributed by atoms with van der Waals surface area (Å²) in [5.41, 5.74) is 15.7.